The molecule has 3 aromatic carbocycles. The number of hydrogen-bond acceptors (Lipinski definition) is 5. The van der Waals surface area contributed by atoms with E-state index in [1.54, 1.807) is 53.4 Å². The molecule has 2 N–H and O–H groups in total. The van der Waals surface area contributed by atoms with Gasteiger partial charge in [-0.05, 0) is 47.5 Å². The molecule has 2 unspecified atom stereocenters. The summed E-state index contributed by atoms with van der Waals surface area (Å²) in [5, 5.41) is 22.7. The van der Waals surface area contributed by atoms with Gasteiger partial charge >= 0.3 is 0 Å². The van der Waals surface area contributed by atoms with Gasteiger partial charge in [0.25, 0.3) is 5.91 Å². The molecule has 3 aromatic rings. The number of aliphatic hydroxyl groups is 1. The molecule has 7 heteroatoms. The molecule has 1 aliphatic heterocycles. The summed E-state index contributed by atoms with van der Waals surface area (Å²) in [6.07, 6.45) is -0.943. The summed E-state index contributed by atoms with van der Waals surface area (Å²) in [4.78, 5) is 26.6. The Kier molecular flexibility index (Phi) is 6.79. The van der Waals surface area contributed by atoms with Gasteiger partial charge in [-0.3, -0.25) is 9.59 Å². The number of morpholine rings is 1. The van der Waals surface area contributed by atoms with Crippen LogP contribution in [0.2, 0.25) is 0 Å². The maximum absolute atomic E-state index is 12.5. The van der Waals surface area contributed by atoms with Crippen LogP contribution in [-0.2, 0) is 16.1 Å². The Morgan fingerprint density at radius 2 is 1.79 bits per heavy atom. The van der Waals surface area contributed by atoms with Crippen molar-refractivity contribution >= 4 is 17.5 Å². The van der Waals surface area contributed by atoms with Crippen LogP contribution in [0.1, 0.15) is 33.2 Å². The van der Waals surface area contributed by atoms with Gasteiger partial charge in [0, 0.05) is 17.8 Å². The summed E-state index contributed by atoms with van der Waals surface area (Å²) in [5.41, 5.74) is 3.08. The number of rotatable bonds is 6. The molecular formula is C26H23N3O4. The number of nitrogens with one attached hydrogen (secondary N) is 1. The molecular weight excluding hydrogens is 418 g/mol. The second-order valence-corrected chi connectivity index (χ2v) is 7.80. The molecule has 0 radical (unpaired) electrons. The molecule has 7 nitrogen and oxygen atoms in total. The fourth-order valence-corrected chi connectivity index (χ4v) is 3.76. The molecule has 0 bridgehead atoms. The number of anilines is 1. The van der Waals surface area contributed by atoms with E-state index in [-0.39, 0.29) is 25.0 Å². The van der Waals surface area contributed by atoms with Crippen molar-refractivity contribution in [3.05, 3.63) is 101 Å². The fourth-order valence-electron chi connectivity index (χ4n) is 3.76. The minimum absolute atomic E-state index is 0.00360. The van der Waals surface area contributed by atoms with E-state index < -0.39 is 12.1 Å². The van der Waals surface area contributed by atoms with Crippen LogP contribution < -0.4 is 5.32 Å². The standard InChI is InChI=1S/C26H23N3O4/c27-14-18-6-8-21(9-7-18)26(32)28-22-12-10-20(11-13-22)25(31)23-16-33-17-24(30)29(23)15-19-4-2-1-3-5-19/h1-13,23,25,31H,15-17H2,(H,28,32). The summed E-state index contributed by atoms with van der Waals surface area (Å²) < 4.78 is 5.42. The van der Waals surface area contributed by atoms with Crippen molar-refractivity contribution in [2.45, 2.75) is 18.7 Å². The highest BCUT2D eigenvalue weighted by atomic mass is 16.5. The van der Waals surface area contributed by atoms with Crippen LogP contribution in [0.3, 0.4) is 0 Å². The third kappa shape index (κ3) is 5.26. The van der Waals surface area contributed by atoms with Gasteiger partial charge in [-0.25, -0.2) is 0 Å². The second kappa shape index (κ2) is 10.1. The van der Waals surface area contributed by atoms with E-state index in [4.69, 9.17) is 10.00 Å². The fraction of sp³-hybridized carbons (Fsp3) is 0.192. The Balaban J connectivity index is 1.45. The van der Waals surface area contributed by atoms with Crippen molar-refractivity contribution in [1.29, 1.82) is 5.26 Å². The average molecular weight is 441 g/mol. The zero-order valence-electron chi connectivity index (χ0n) is 17.8. The van der Waals surface area contributed by atoms with E-state index in [1.165, 1.54) is 0 Å². The van der Waals surface area contributed by atoms with Gasteiger partial charge in [0.15, 0.2) is 0 Å². The average Bonchev–Trinajstić information content (AvgIpc) is 2.86. The van der Waals surface area contributed by atoms with E-state index in [2.05, 4.69) is 5.32 Å². The number of nitrogens with zero attached hydrogens (tertiary/aromatic N) is 2. The molecule has 0 saturated carbocycles. The van der Waals surface area contributed by atoms with Gasteiger partial charge in [-0.15, -0.1) is 0 Å². The first kappa shape index (κ1) is 22.2. The largest absolute Gasteiger partial charge is 0.386 e. The van der Waals surface area contributed by atoms with E-state index in [0.717, 1.165) is 5.56 Å². The highest BCUT2D eigenvalue weighted by Gasteiger charge is 2.34. The Labute approximate surface area is 191 Å². The maximum Gasteiger partial charge on any atom is 0.255 e. The highest BCUT2D eigenvalue weighted by Crippen LogP contribution is 2.27. The molecule has 0 spiro atoms. The number of benzene rings is 3. The zero-order valence-corrected chi connectivity index (χ0v) is 17.8. The van der Waals surface area contributed by atoms with Gasteiger partial charge in [0.2, 0.25) is 5.91 Å². The Hall–Kier alpha value is -3.99. The molecule has 33 heavy (non-hydrogen) atoms. The summed E-state index contributed by atoms with van der Waals surface area (Å²) in [5.74, 6) is -0.464. The Morgan fingerprint density at radius 3 is 2.45 bits per heavy atom. The molecule has 166 valence electrons. The number of aliphatic hydroxyl groups excluding tert-OH is 1. The Bertz CT molecular complexity index is 1150. The van der Waals surface area contributed by atoms with Crippen LogP contribution in [0.15, 0.2) is 78.9 Å². The van der Waals surface area contributed by atoms with E-state index in [0.29, 0.717) is 28.9 Å². The number of carbonyl (C=O) groups is 2. The van der Waals surface area contributed by atoms with Gasteiger partial charge in [-0.2, -0.15) is 5.26 Å². The number of nitriles is 1. The molecule has 1 heterocycles. The first-order valence-electron chi connectivity index (χ1n) is 10.6. The SMILES string of the molecule is N#Cc1ccc(C(=O)Nc2ccc(C(O)C3COCC(=O)N3Cc3ccccc3)cc2)cc1. The molecule has 0 aromatic heterocycles. The van der Waals surface area contributed by atoms with Crippen LogP contribution in [-0.4, -0.2) is 41.1 Å². The summed E-state index contributed by atoms with van der Waals surface area (Å²) >= 11 is 0. The molecule has 2 amide bonds. The topological polar surface area (TPSA) is 103 Å². The van der Waals surface area contributed by atoms with Crippen molar-refractivity contribution in [1.82, 2.24) is 4.90 Å². The second-order valence-electron chi connectivity index (χ2n) is 7.80. The van der Waals surface area contributed by atoms with Gasteiger partial charge in [0.05, 0.1) is 24.3 Å². The van der Waals surface area contributed by atoms with Crippen molar-refractivity contribution in [3.63, 3.8) is 0 Å². The van der Waals surface area contributed by atoms with Crippen LogP contribution in [0, 0.1) is 11.3 Å². The zero-order chi connectivity index (χ0) is 23.2. The molecule has 1 fully saturated rings. The van der Waals surface area contributed by atoms with Gasteiger partial charge in [0.1, 0.15) is 12.7 Å². The van der Waals surface area contributed by atoms with Crippen molar-refractivity contribution in [3.8, 4) is 6.07 Å². The van der Waals surface area contributed by atoms with E-state index in [1.807, 2.05) is 36.4 Å². The van der Waals surface area contributed by atoms with Crippen LogP contribution in [0.4, 0.5) is 5.69 Å². The number of hydrogen-bond donors (Lipinski definition) is 2. The highest BCUT2D eigenvalue weighted by molar-refractivity contribution is 6.04. The van der Waals surface area contributed by atoms with Crippen LogP contribution in [0.25, 0.3) is 0 Å². The van der Waals surface area contributed by atoms with Crippen molar-refractivity contribution in [2.24, 2.45) is 0 Å². The maximum atomic E-state index is 12.5. The molecule has 1 aliphatic rings. The van der Waals surface area contributed by atoms with Crippen molar-refractivity contribution < 1.29 is 19.4 Å². The summed E-state index contributed by atoms with van der Waals surface area (Å²) in [7, 11) is 0. The first-order valence-corrected chi connectivity index (χ1v) is 10.6. The minimum Gasteiger partial charge on any atom is -0.386 e. The summed E-state index contributed by atoms with van der Waals surface area (Å²) in [6.45, 7) is 0.622. The quantitative estimate of drug-likeness (QED) is 0.611. The predicted octanol–water partition coefficient (Wildman–Crippen LogP) is 3.27. The predicted molar refractivity (Wildman–Crippen MR) is 122 cm³/mol. The lowest BCUT2D eigenvalue weighted by molar-refractivity contribution is -0.155. The molecule has 0 aliphatic carbocycles. The number of amides is 2. The van der Waals surface area contributed by atoms with E-state index in [9.17, 15) is 14.7 Å². The lowest BCUT2D eigenvalue weighted by Crippen LogP contribution is -2.51. The number of carbonyl (C=O) groups excluding carboxylic acids is 2. The molecule has 2 atom stereocenters. The normalized spacial score (nSPS) is 16.7. The smallest absolute Gasteiger partial charge is 0.255 e. The molecule has 4 rings (SSSR count). The van der Waals surface area contributed by atoms with Crippen LogP contribution in [0.5, 0.6) is 0 Å². The molecule has 1 saturated heterocycles. The van der Waals surface area contributed by atoms with E-state index >= 15 is 0 Å². The lowest BCUT2D eigenvalue weighted by Gasteiger charge is -2.38. The number of ether oxygens (including phenoxy) is 1. The van der Waals surface area contributed by atoms with Crippen LogP contribution >= 0.6 is 0 Å². The first-order chi connectivity index (χ1) is 16.0. The van der Waals surface area contributed by atoms with Crippen molar-refractivity contribution in [2.75, 3.05) is 18.5 Å². The monoisotopic (exact) mass is 441 g/mol. The Morgan fingerprint density at radius 1 is 1.09 bits per heavy atom. The minimum atomic E-state index is -0.943. The van der Waals surface area contributed by atoms with Gasteiger partial charge in [-0.1, -0.05) is 42.5 Å². The summed E-state index contributed by atoms with van der Waals surface area (Å²) in [6, 6.07) is 24.3. The third-order valence-corrected chi connectivity index (χ3v) is 5.58. The third-order valence-electron chi connectivity index (χ3n) is 5.58. The van der Waals surface area contributed by atoms with Gasteiger partial charge < -0.3 is 20.1 Å². The lowest BCUT2D eigenvalue weighted by atomic mass is 9.99.